The van der Waals surface area contributed by atoms with Gasteiger partial charge in [0, 0.05) is 5.97 Å². The third-order valence-corrected chi connectivity index (χ3v) is 3.51. The third kappa shape index (κ3) is 4.84. The Bertz CT molecular complexity index is 470. The van der Waals surface area contributed by atoms with Crippen molar-refractivity contribution in [1.29, 1.82) is 0 Å². The predicted octanol–water partition coefficient (Wildman–Crippen LogP) is -1.85. The van der Waals surface area contributed by atoms with Gasteiger partial charge in [0.25, 0.3) is 0 Å². The van der Waals surface area contributed by atoms with E-state index >= 15 is 0 Å². The molecule has 0 spiro atoms. The molecule has 0 radical (unpaired) electrons. The minimum atomic E-state index is -1.24. The molecule has 1 aliphatic heterocycles. The molecule has 1 atom stereocenters. The Morgan fingerprint density at radius 2 is 1.90 bits per heavy atom. The molecular weight excluding hydrogens is 274 g/mol. The normalized spacial score (nSPS) is 17.1. The van der Waals surface area contributed by atoms with Gasteiger partial charge >= 0.3 is 5.97 Å². The molecule has 1 aromatic carbocycles. The molecule has 1 aliphatic rings. The van der Waals surface area contributed by atoms with E-state index in [0.717, 1.165) is 10.5 Å². The molecule has 1 saturated heterocycles. The molecule has 0 saturated carbocycles. The molecule has 1 fully saturated rings. The zero-order chi connectivity index (χ0) is 15.1. The number of esters is 1. The van der Waals surface area contributed by atoms with Crippen molar-refractivity contribution < 1.29 is 29.1 Å². The van der Waals surface area contributed by atoms with Crippen LogP contribution in [0.25, 0.3) is 0 Å². The lowest BCUT2D eigenvalue weighted by molar-refractivity contribution is -0.924. The largest absolute Gasteiger partial charge is 0.550 e. The van der Waals surface area contributed by atoms with Crippen LogP contribution in [0, 0.1) is 0 Å². The van der Waals surface area contributed by atoms with Crippen LogP contribution in [0.5, 0.6) is 0 Å². The standard InChI is InChI=1S/C15H19NO5/c17-14(18)10-13(16-6-8-20-9-7-16)15(19)21-11-12-4-2-1-3-5-12/h1-5,13H,6-11H2,(H,17,18)/t13-/m1/s1. The quantitative estimate of drug-likeness (QED) is 0.623. The van der Waals surface area contributed by atoms with Gasteiger partial charge in [-0.05, 0) is 5.56 Å². The minimum Gasteiger partial charge on any atom is -0.550 e. The van der Waals surface area contributed by atoms with Gasteiger partial charge in [-0.15, -0.1) is 0 Å². The first-order valence-electron chi connectivity index (χ1n) is 6.99. The summed E-state index contributed by atoms with van der Waals surface area (Å²) in [6.07, 6.45) is -0.330. The number of quaternary nitrogens is 1. The van der Waals surface area contributed by atoms with Crippen LogP contribution in [0.3, 0.4) is 0 Å². The highest BCUT2D eigenvalue weighted by molar-refractivity contribution is 5.80. The first kappa shape index (κ1) is 15.5. The first-order valence-corrected chi connectivity index (χ1v) is 6.99. The van der Waals surface area contributed by atoms with Crippen molar-refractivity contribution in [3.63, 3.8) is 0 Å². The monoisotopic (exact) mass is 293 g/mol. The number of benzene rings is 1. The van der Waals surface area contributed by atoms with Crippen LogP contribution in [0.4, 0.5) is 0 Å². The molecule has 1 heterocycles. The molecule has 1 N–H and O–H groups in total. The Balaban J connectivity index is 1.94. The van der Waals surface area contributed by atoms with E-state index in [2.05, 4.69) is 0 Å². The lowest BCUT2D eigenvalue weighted by Gasteiger charge is -2.30. The van der Waals surface area contributed by atoms with E-state index in [1.165, 1.54) is 0 Å². The number of carboxylic acid groups (broad SMARTS) is 1. The van der Waals surface area contributed by atoms with Crippen molar-refractivity contribution in [2.45, 2.75) is 19.1 Å². The van der Waals surface area contributed by atoms with Crippen molar-refractivity contribution in [3.05, 3.63) is 35.9 Å². The summed E-state index contributed by atoms with van der Waals surface area (Å²) >= 11 is 0. The van der Waals surface area contributed by atoms with Gasteiger partial charge in [-0.25, -0.2) is 4.79 Å². The van der Waals surface area contributed by atoms with Crippen LogP contribution < -0.4 is 10.0 Å². The van der Waals surface area contributed by atoms with E-state index in [-0.39, 0.29) is 13.0 Å². The Labute approximate surface area is 123 Å². The van der Waals surface area contributed by atoms with Crippen molar-refractivity contribution in [2.24, 2.45) is 0 Å². The summed E-state index contributed by atoms with van der Waals surface area (Å²) in [6.45, 7) is 2.37. The average molecular weight is 293 g/mol. The summed E-state index contributed by atoms with van der Waals surface area (Å²) in [5, 5.41) is 10.9. The fourth-order valence-corrected chi connectivity index (χ4v) is 2.37. The molecule has 0 unspecified atom stereocenters. The number of morpholine rings is 1. The second-order valence-electron chi connectivity index (χ2n) is 4.99. The first-order chi connectivity index (χ1) is 10.2. The van der Waals surface area contributed by atoms with Gasteiger partial charge in [-0.3, -0.25) is 0 Å². The maximum absolute atomic E-state index is 12.2. The van der Waals surface area contributed by atoms with Crippen LogP contribution in [0.2, 0.25) is 0 Å². The molecule has 0 aromatic heterocycles. The van der Waals surface area contributed by atoms with E-state index in [0.29, 0.717) is 26.3 Å². The topological polar surface area (TPSA) is 80.1 Å². The second-order valence-corrected chi connectivity index (χ2v) is 4.99. The van der Waals surface area contributed by atoms with E-state index < -0.39 is 18.0 Å². The van der Waals surface area contributed by atoms with Crippen LogP contribution in [-0.2, 0) is 25.7 Å². The fraction of sp³-hybridized carbons (Fsp3) is 0.467. The second kappa shape index (κ2) is 7.75. The molecule has 0 bridgehead atoms. The minimum absolute atomic E-state index is 0.146. The van der Waals surface area contributed by atoms with Gasteiger partial charge in [0.1, 0.15) is 19.7 Å². The number of hydrogen-bond acceptors (Lipinski definition) is 5. The van der Waals surface area contributed by atoms with E-state index in [9.17, 15) is 14.7 Å². The molecule has 2 rings (SSSR count). The predicted molar refractivity (Wildman–Crippen MR) is 71.2 cm³/mol. The van der Waals surface area contributed by atoms with Gasteiger partial charge in [-0.2, -0.15) is 0 Å². The zero-order valence-electron chi connectivity index (χ0n) is 11.7. The van der Waals surface area contributed by atoms with Gasteiger partial charge < -0.3 is 24.3 Å². The lowest BCUT2D eigenvalue weighted by atomic mass is 10.1. The fourth-order valence-electron chi connectivity index (χ4n) is 2.37. The number of rotatable bonds is 6. The molecular formula is C15H19NO5. The summed E-state index contributed by atoms with van der Waals surface area (Å²) in [4.78, 5) is 23.9. The van der Waals surface area contributed by atoms with Crippen molar-refractivity contribution >= 4 is 11.9 Å². The Morgan fingerprint density at radius 1 is 1.24 bits per heavy atom. The highest BCUT2D eigenvalue weighted by Gasteiger charge is 2.32. The number of aliphatic carboxylic acids is 1. The Hall–Kier alpha value is -1.92. The highest BCUT2D eigenvalue weighted by atomic mass is 16.5. The van der Waals surface area contributed by atoms with Crippen LogP contribution in [0.1, 0.15) is 12.0 Å². The van der Waals surface area contributed by atoms with Crippen molar-refractivity contribution in [2.75, 3.05) is 26.3 Å². The number of carbonyl (C=O) groups excluding carboxylic acids is 2. The summed E-state index contributed by atoms with van der Waals surface area (Å²) < 4.78 is 10.5. The molecule has 6 nitrogen and oxygen atoms in total. The molecule has 0 amide bonds. The number of nitrogens with one attached hydrogen (secondary N) is 1. The van der Waals surface area contributed by atoms with Gasteiger partial charge in [0.2, 0.25) is 0 Å². The van der Waals surface area contributed by atoms with Crippen molar-refractivity contribution in [1.82, 2.24) is 0 Å². The zero-order valence-corrected chi connectivity index (χ0v) is 11.7. The molecule has 21 heavy (non-hydrogen) atoms. The van der Waals surface area contributed by atoms with Crippen LogP contribution in [-0.4, -0.2) is 44.3 Å². The number of hydrogen-bond donors (Lipinski definition) is 1. The highest BCUT2D eigenvalue weighted by Crippen LogP contribution is 2.02. The van der Waals surface area contributed by atoms with Gasteiger partial charge in [0.15, 0.2) is 6.04 Å². The third-order valence-electron chi connectivity index (χ3n) is 3.51. The van der Waals surface area contributed by atoms with Gasteiger partial charge in [0.05, 0.1) is 19.6 Å². The van der Waals surface area contributed by atoms with Gasteiger partial charge in [-0.1, -0.05) is 30.3 Å². The smallest absolute Gasteiger partial charge is 0.365 e. The number of ether oxygens (including phenoxy) is 2. The summed E-state index contributed by atoms with van der Waals surface area (Å²) in [7, 11) is 0. The van der Waals surface area contributed by atoms with Crippen LogP contribution in [0.15, 0.2) is 30.3 Å². The summed E-state index contributed by atoms with van der Waals surface area (Å²) in [5.41, 5.74) is 0.870. The Kier molecular flexibility index (Phi) is 5.71. The Morgan fingerprint density at radius 3 is 2.52 bits per heavy atom. The van der Waals surface area contributed by atoms with Crippen LogP contribution >= 0.6 is 0 Å². The number of carboxylic acids is 1. The van der Waals surface area contributed by atoms with E-state index in [1.54, 1.807) is 0 Å². The molecule has 0 aliphatic carbocycles. The van der Waals surface area contributed by atoms with E-state index in [1.807, 2.05) is 30.3 Å². The van der Waals surface area contributed by atoms with E-state index in [4.69, 9.17) is 9.47 Å². The average Bonchev–Trinajstić information content (AvgIpc) is 2.52. The van der Waals surface area contributed by atoms with Crippen molar-refractivity contribution in [3.8, 4) is 0 Å². The SMILES string of the molecule is O=C([O-])C[C@H](C(=O)OCc1ccccc1)[NH+]1CCOCC1. The maximum atomic E-state index is 12.2. The number of carbonyl (C=O) groups is 2. The summed E-state index contributed by atoms with van der Waals surface area (Å²) in [6, 6.07) is 8.56. The molecule has 1 aromatic rings. The molecule has 6 heteroatoms. The molecule has 114 valence electrons. The lowest BCUT2D eigenvalue weighted by Crippen LogP contribution is -3.18. The maximum Gasteiger partial charge on any atom is 0.365 e. The summed E-state index contributed by atoms with van der Waals surface area (Å²) in [5.74, 6) is -1.74.